The second-order valence-corrected chi connectivity index (χ2v) is 17.3. The number of likely N-dealkylation sites (N-methyl/N-ethyl adjacent to an activating group) is 1. The molecule has 310 valence electrons. The summed E-state index contributed by atoms with van der Waals surface area (Å²) in [6.07, 6.45) is 15.6. The van der Waals surface area contributed by atoms with Crippen LogP contribution in [0.15, 0.2) is 11.8 Å². The first-order valence-electron chi connectivity index (χ1n) is 21.3. The van der Waals surface area contributed by atoms with Crippen molar-refractivity contribution in [3.8, 4) is 0 Å². The molecule has 4 aliphatic carbocycles. The van der Waals surface area contributed by atoms with Crippen molar-refractivity contribution in [3.63, 3.8) is 0 Å². The number of allylic oxidation sites excluding steroid dienone is 1. The van der Waals surface area contributed by atoms with Gasteiger partial charge in [-0.2, -0.15) is 0 Å². The summed E-state index contributed by atoms with van der Waals surface area (Å²) in [6, 6.07) is -4.49. The molecule has 0 aromatic carbocycles. The average molecular weight is 772 g/mol. The molecule has 8 N–H and O–H groups in total. The normalized spacial score (nSPS) is 37.3. The molecule has 0 aromatic heterocycles. The standard InChI is InChI=1S/C41H69N7O7/c1-5-10-34-39(51)47-36(29-11-8-6-7-9-12-29)40(52)45-32(21-42)37(49)46-33(23-54-31-19-30(43)20-31)38(50)44-24(2)22-55-35(25(3)41(53)48(34)4)18-28-16-26-13-14-27(15-26)17-28/h18,24-34,36H,5-17,19-23,42-43H2,1-4H3,(H,44,50)(H,45,52)(H,46,49)(H,47,51)/b35-18+/t24-,25-,26-,27+,28-,30-,31-,32+,33+,34+,36+/m1/s1. The van der Waals surface area contributed by atoms with Gasteiger partial charge in [0.15, 0.2) is 0 Å². The van der Waals surface area contributed by atoms with E-state index in [-0.39, 0.29) is 49.6 Å². The van der Waals surface area contributed by atoms with Crippen LogP contribution < -0.4 is 32.7 Å². The van der Waals surface area contributed by atoms with Crippen LogP contribution in [0, 0.1) is 29.6 Å². The molecule has 14 heteroatoms. The Kier molecular flexibility index (Phi) is 15.8. The molecule has 1 aliphatic heterocycles. The quantitative estimate of drug-likeness (QED) is 0.200. The minimum atomic E-state index is -1.17. The largest absolute Gasteiger partial charge is 0.495 e. The van der Waals surface area contributed by atoms with Crippen molar-refractivity contribution in [2.75, 3.05) is 26.8 Å². The van der Waals surface area contributed by atoms with E-state index in [1.165, 1.54) is 24.2 Å². The fourth-order valence-electron chi connectivity index (χ4n) is 9.42. The van der Waals surface area contributed by atoms with E-state index in [0.29, 0.717) is 43.3 Å². The van der Waals surface area contributed by atoms with Crippen LogP contribution in [0.5, 0.6) is 0 Å². The fraction of sp³-hybridized carbons (Fsp3) is 0.829. The van der Waals surface area contributed by atoms with Crippen LogP contribution in [0.2, 0.25) is 0 Å². The highest BCUT2D eigenvalue weighted by molar-refractivity contribution is 5.96. The number of amides is 5. The molecule has 4 saturated carbocycles. The molecule has 2 bridgehead atoms. The van der Waals surface area contributed by atoms with E-state index in [1.54, 1.807) is 14.0 Å². The fourth-order valence-corrected chi connectivity index (χ4v) is 9.42. The van der Waals surface area contributed by atoms with E-state index >= 15 is 0 Å². The van der Waals surface area contributed by atoms with Crippen molar-refractivity contribution < 1.29 is 33.4 Å². The van der Waals surface area contributed by atoms with Gasteiger partial charge in [0.05, 0.1) is 24.7 Å². The monoisotopic (exact) mass is 772 g/mol. The lowest BCUT2D eigenvalue weighted by Gasteiger charge is -2.34. The molecule has 5 fully saturated rings. The Morgan fingerprint density at radius 1 is 0.800 bits per heavy atom. The second-order valence-electron chi connectivity index (χ2n) is 17.3. The molecule has 5 amide bonds. The Morgan fingerprint density at radius 3 is 2.05 bits per heavy atom. The van der Waals surface area contributed by atoms with Crippen LogP contribution in [0.25, 0.3) is 0 Å². The zero-order valence-electron chi connectivity index (χ0n) is 33.7. The molecule has 9 atom stereocenters. The molecule has 1 heterocycles. The zero-order valence-corrected chi connectivity index (χ0v) is 33.7. The number of nitrogens with two attached hydrogens (primary N) is 2. The highest BCUT2D eigenvalue weighted by Crippen LogP contribution is 2.45. The van der Waals surface area contributed by atoms with Crippen molar-refractivity contribution in [2.45, 2.75) is 159 Å². The van der Waals surface area contributed by atoms with Gasteiger partial charge in [-0.15, -0.1) is 0 Å². The summed E-state index contributed by atoms with van der Waals surface area (Å²) in [5, 5.41) is 11.6. The van der Waals surface area contributed by atoms with Crippen LogP contribution in [0.3, 0.4) is 0 Å². The molecule has 1 saturated heterocycles. The summed E-state index contributed by atoms with van der Waals surface area (Å²) in [6.45, 7) is 5.34. The summed E-state index contributed by atoms with van der Waals surface area (Å²) in [4.78, 5) is 71.9. The number of carbonyl (C=O) groups is 5. The van der Waals surface area contributed by atoms with Gasteiger partial charge in [-0.1, -0.05) is 51.9 Å². The Hall–Kier alpha value is -3.23. The predicted octanol–water partition coefficient (Wildman–Crippen LogP) is 2.38. The van der Waals surface area contributed by atoms with Crippen molar-refractivity contribution in [2.24, 2.45) is 41.1 Å². The van der Waals surface area contributed by atoms with Gasteiger partial charge in [-0.3, -0.25) is 24.0 Å². The minimum Gasteiger partial charge on any atom is -0.495 e. The lowest BCUT2D eigenvalue weighted by molar-refractivity contribution is -0.143. The molecular weight excluding hydrogens is 702 g/mol. The Morgan fingerprint density at radius 2 is 1.44 bits per heavy atom. The van der Waals surface area contributed by atoms with Gasteiger partial charge in [0, 0.05) is 19.6 Å². The number of nitrogens with one attached hydrogen (secondary N) is 4. The van der Waals surface area contributed by atoms with Crippen LogP contribution in [0.4, 0.5) is 0 Å². The highest BCUT2D eigenvalue weighted by Gasteiger charge is 2.39. The summed E-state index contributed by atoms with van der Waals surface area (Å²) >= 11 is 0. The van der Waals surface area contributed by atoms with E-state index < -0.39 is 59.8 Å². The molecule has 0 spiro atoms. The molecule has 55 heavy (non-hydrogen) atoms. The maximum Gasteiger partial charge on any atom is 0.245 e. The van der Waals surface area contributed by atoms with Crippen LogP contribution in [-0.2, 0) is 33.4 Å². The van der Waals surface area contributed by atoms with Gasteiger partial charge < -0.3 is 47.1 Å². The van der Waals surface area contributed by atoms with Crippen LogP contribution in [-0.4, -0.2) is 104 Å². The van der Waals surface area contributed by atoms with E-state index in [0.717, 1.165) is 51.4 Å². The van der Waals surface area contributed by atoms with Gasteiger partial charge in [0.25, 0.3) is 0 Å². The van der Waals surface area contributed by atoms with E-state index in [1.807, 2.05) is 13.8 Å². The van der Waals surface area contributed by atoms with E-state index in [2.05, 4.69) is 27.3 Å². The van der Waals surface area contributed by atoms with Crippen LogP contribution in [0.1, 0.15) is 117 Å². The summed E-state index contributed by atoms with van der Waals surface area (Å²) in [5.41, 5.74) is 12.0. The number of fused-ring (bicyclic) bond motifs is 2. The lowest BCUT2D eigenvalue weighted by Crippen LogP contribution is -2.62. The van der Waals surface area contributed by atoms with Gasteiger partial charge in [-0.25, -0.2) is 0 Å². The Balaban J connectivity index is 1.46. The first kappa shape index (κ1) is 42.9. The number of nitrogens with zero attached hydrogens (tertiary/aromatic N) is 1. The summed E-state index contributed by atoms with van der Waals surface area (Å²) < 4.78 is 12.4. The lowest BCUT2D eigenvalue weighted by atomic mass is 9.80. The van der Waals surface area contributed by atoms with Crippen molar-refractivity contribution in [1.82, 2.24) is 26.2 Å². The average Bonchev–Trinajstić information content (AvgIpc) is 3.30. The van der Waals surface area contributed by atoms with Crippen molar-refractivity contribution >= 4 is 29.5 Å². The highest BCUT2D eigenvalue weighted by atomic mass is 16.5. The number of hydrogen-bond acceptors (Lipinski definition) is 9. The van der Waals surface area contributed by atoms with E-state index in [4.69, 9.17) is 20.9 Å². The SMILES string of the molecule is CCC[C@H]1C(=O)N[C@@H](C2CCCCCC2)C(=O)N[C@@H](CN)C(=O)N[C@@H](CO[C@H]2C[C@H](N)C2)C(=O)N[C@H](C)CO/C(=C/[C@H]2C[C@H]3CC[C@@H](C2)C3)[C@@H](C)C(=O)N1C. The van der Waals surface area contributed by atoms with Gasteiger partial charge in [0.1, 0.15) is 36.5 Å². The second kappa shape index (κ2) is 20.3. The molecule has 14 nitrogen and oxygen atoms in total. The third-order valence-electron chi connectivity index (χ3n) is 12.8. The topological polar surface area (TPSA) is 207 Å². The number of ether oxygens (including phenoxy) is 2. The number of rotatable bonds is 8. The van der Waals surface area contributed by atoms with Crippen molar-refractivity contribution in [3.05, 3.63) is 11.8 Å². The Bertz CT molecular complexity index is 1350. The first-order chi connectivity index (χ1) is 26.4. The smallest absolute Gasteiger partial charge is 0.245 e. The third kappa shape index (κ3) is 11.7. The predicted molar refractivity (Wildman–Crippen MR) is 209 cm³/mol. The van der Waals surface area contributed by atoms with Crippen LogP contribution >= 0.6 is 0 Å². The Labute approximate surface area is 327 Å². The zero-order chi connectivity index (χ0) is 39.6. The minimum absolute atomic E-state index is 0.0381. The number of hydrogen-bond donors (Lipinski definition) is 6. The molecule has 0 unspecified atom stereocenters. The molecule has 0 radical (unpaired) electrons. The first-order valence-corrected chi connectivity index (χ1v) is 21.3. The molecule has 0 aromatic rings. The molecule has 5 aliphatic rings. The number of carbonyl (C=O) groups excluding carboxylic acids is 5. The van der Waals surface area contributed by atoms with Gasteiger partial charge >= 0.3 is 0 Å². The third-order valence-corrected chi connectivity index (χ3v) is 12.8. The summed E-state index contributed by atoms with van der Waals surface area (Å²) in [7, 11) is 1.65. The molecular formula is C41H69N7O7. The van der Waals surface area contributed by atoms with E-state index in [9.17, 15) is 24.0 Å². The van der Waals surface area contributed by atoms with Gasteiger partial charge in [-0.05, 0) is 95.0 Å². The van der Waals surface area contributed by atoms with Gasteiger partial charge in [0.2, 0.25) is 29.5 Å². The maximum atomic E-state index is 14.4. The van der Waals surface area contributed by atoms with Crippen molar-refractivity contribution in [1.29, 1.82) is 0 Å². The summed E-state index contributed by atoms with van der Waals surface area (Å²) in [5.74, 6) is -0.986. The maximum absolute atomic E-state index is 14.4. The molecule has 5 rings (SSSR count).